The Morgan fingerprint density at radius 2 is 2.11 bits per heavy atom. The number of hydrogen-bond acceptors (Lipinski definition) is 2. The fraction of sp³-hybridized carbons (Fsp3) is 0.500. The first kappa shape index (κ1) is 15.9. The zero-order chi connectivity index (χ0) is 14.6. The Kier molecular flexibility index (Phi) is 5.76. The Labute approximate surface area is 118 Å². The average Bonchev–Trinajstić information content (AvgIpc) is 2.37. The lowest BCUT2D eigenvalue weighted by molar-refractivity contribution is 0.0784. The van der Waals surface area contributed by atoms with E-state index >= 15 is 0 Å². The van der Waals surface area contributed by atoms with Crippen molar-refractivity contribution in [2.45, 2.75) is 26.3 Å². The number of halogens is 2. The number of rotatable bonds is 5. The Bertz CT molecular complexity index is 451. The summed E-state index contributed by atoms with van der Waals surface area (Å²) in [7, 11) is 1.63. The Morgan fingerprint density at radius 1 is 1.47 bits per heavy atom. The molecular formula is C14H20ClFN2O. The highest BCUT2D eigenvalue weighted by atomic mass is 35.5. The van der Waals surface area contributed by atoms with Crippen LogP contribution in [0.4, 0.5) is 4.39 Å². The van der Waals surface area contributed by atoms with Gasteiger partial charge in [0.2, 0.25) is 0 Å². The van der Waals surface area contributed by atoms with Gasteiger partial charge in [0.05, 0.1) is 5.56 Å². The van der Waals surface area contributed by atoms with E-state index in [-0.39, 0.29) is 17.5 Å². The molecule has 1 unspecified atom stereocenters. The Morgan fingerprint density at radius 3 is 2.68 bits per heavy atom. The van der Waals surface area contributed by atoms with Crippen LogP contribution in [-0.2, 0) is 0 Å². The molecule has 0 aliphatic carbocycles. The van der Waals surface area contributed by atoms with Crippen LogP contribution in [-0.4, -0.2) is 30.4 Å². The molecule has 0 heterocycles. The van der Waals surface area contributed by atoms with Gasteiger partial charge in [-0.15, -0.1) is 0 Å². The summed E-state index contributed by atoms with van der Waals surface area (Å²) in [6.07, 6.45) is 0.683. The second kappa shape index (κ2) is 6.87. The molecule has 106 valence electrons. The van der Waals surface area contributed by atoms with Crippen molar-refractivity contribution in [3.8, 4) is 0 Å². The van der Waals surface area contributed by atoms with E-state index in [1.54, 1.807) is 7.05 Å². The van der Waals surface area contributed by atoms with Crippen LogP contribution >= 0.6 is 11.6 Å². The van der Waals surface area contributed by atoms with Crippen LogP contribution in [0.3, 0.4) is 0 Å². The molecule has 0 aliphatic rings. The lowest BCUT2D eigenvalue weighted by Crippen LogP contribution is -2.35. The van der Waals surface area contributed by atoms with Crippen LogP contribution in [0.2, 0.25) is 5.02 Å². The van der Waals surface area contributed by atoms with Crippen molar-refractivity contribution in [1.29, 1.82) is 0 Å². The number of benzene rings is 1. The maximum atomic E-state index is 13.6. The average molecular weight is 287 g/mol. The number of carbonyl (C=O) groups is 1. The van der Waals surface area contributed by atoms with Crippen molar-refractivity contribution in [2.24, 2.45) is 11.7 Å². The van der Waals surface area contributed by atoms with Crippen molar-refractivity contribution < 1.29 is 9.18 Å². The molecule has 0 fully saturated rings. The summed E-state index contributed by atoms with van der Waals surface area (Å²) < 4.78 is 13.6. The van der Waals surface area contributed by atoms with E-state index < -0.39 is 5.82 Å². The largest absolute Gasteiger partial charge is 0.342 e. The van der Waals surface area contributed by atoms with Crippen LogP contribution in [0.25, 0.3) is 0 Å². The molecule has 1 amide bonds. The van der Waals surface area contributed by atoms with Gasteiger partial charge in [0.1, 0.15) is 5.82 Å². The van der Waals surface area contributed by atoms with E-state index in [9.17, 15) is 9.18 Å². The normalized spacial score (nSPS) is 12.6. The zero-order valence-electron chi connectivity index (χ0n) is 11.5. The lowest BCUT2D eigenvalue weighted by Gasteiger charge is -2.21. The van der Waals surface area contributed by atoms with Gasteiger partial charge >= 0.3 is 0 Å². The quantitative estimate of drug-likeness (QED) is 0.905. The van der Waals surface area contributed by atoms with Gasteiger partial charge in [-0.05, 0) is 30.5 Å². The molecular weight excluding hydrogens is 267 g/mol. The Hall–Kier alpha value is -1.13. The van der Waals surface area contributed by atoms with Crippen LogP contribution < -0.4 is 5.73 Å². The SMILES string of the molecule is CC(C)C(N)CCN(C)C(=O)c1cc(Cl)ccc1F. The summed E-state index contributed by atoms with van der Waals surface area (Å²) in [5.41, 5.74) is 5.92. The first-order chi connectivity index (χ1) is 8.82. The highest BCUT2D eigenvalue weighted by molar-refractivity contribution is 6.30. The highest BCUT2D eigenvalue weighted by Crippen LogP contribution is 2.16. The maximum absolute atomic E-state index is 13.6. The van der Waals surface area contributed by atoms with Gasteiger partial charge in [0.15, 0.2) is 0 Å². The number of amides is 1. The summed E-state index contributed by atoms with van der Waals surface area (Å²) in [6, 6.07) is 3.99. The van der Waals surface area contributed by atoms with Gasteiger partial charge < -0.3 is 10.6 Å². The van der Waals surface area contributed by atoms with Gasteiger partial charge in [-0.1, -0.05) is 25.4 Å². The molecule has 1 aromatic carbocycles. The first-order valence-electron chi connectivity index (χ1n) is 6.29. The molecule has 5 heteroatoms. The maximum Gasteiger partial charge on any atom is 0.256 e. The topological polar surface area (TPSA) is 46.3 Å². The summed E-state index contributed by atoms with van der Waals surface area (Å²) >= 11 is 5.78. The van der Waals surface area contributed by atoms with Crippen LogP contribution in [0, 0.1) is 11.7 Å². The summed E-state index contributed by atoms with van der Waals surface area (Å²) in [5, 5.41) is 0.344. The monoisotopic (exact) mass is 286 g/mol. The molecule has 0 bridgehead atoms. The van der Waals surface area contributed by atoms with E-state index in [2.05, 4.69) is 0 Å². The van der Waals surface area contributed by atoms with Crippen LogP contribution in [0.15, 0.2) is 18.2 Å². The minimum Gasteiger partial charge on any atom is -0.342 e. The zero-order valence-corrected chi connectivity index (χ0v) is 12.2. The minimum atomic E-state index is -0.561. The Balaban J connectivity index is 2.69. The van der Waals surface area contributed by atoms with E-state index in [1.165, 1.54) is 23.1 Å². The van der Waals surface area contributed by atoms with Crippen molar-refractivity contribution in [1.82, 2.24) is 4.90 Å². The second-order valence-electron chi connectivity index (χ2n) is 5.05. The predicted molar refractivity (Wildman–Crippen MR) is 75.8 cm³/mol. The van der Waals surface area contributed by atoms with Gasteiger partial charge in [0, 0.05) is 24.7 Å². The summed E-state index contributed by atoms with van der Waals surface area (Å²) in [6.45, 7) is 4.55. The van der Waals surface area contributed by atoms with Gasteiger partial charge in [-0.2, -0.15) is 0 Å². The molecule has 1 aromatic rings. The van der Waals surface area contributed by atoms with E-state index in [4.69, 9.17) is 17.3 Å². The third-order valence-corrected chi connectivity index (χ3v) is 3.39. The van der Waals surface area contributed by atoms with Crippen molar-refractivity contribution >= 4 is 17.5 Å². The van der Waals surface area contributed by atoms with Crippen LogP contribution in [0.1, 0.15) is 30.6 Å². The molecule has 19 heavy (non-hydrogen) atoms. The van der Waals surface area contributed by atoms with Gasteiger partial charge in [0.25, 0.3) is 5.91 Å². The van der Waals surface area contributed by atoms with Gasteiger partial charge in [-0.3, -0.25) is 4.79 Å². The summed E-state index contributed by atoms with van der Waals surface area (Å²) in [5.74, 6) is -0.586. The number of hydrogen-bond donors (Lipinski definition) is 1. The molecule has 2 N–H and O–H groups in total. The lowest BCUT2D eigenvalue weighted by atomic mass is 10.0. The minimum absolute atomic E-state index is 0.00637. The molecule has 0 saturated carbocycles. The molecule has 0 aliphatic heterocycles. The number of nitrogens with two attached hydrogens (primary N) is 1. The van der Waals surface area contributed by atoms with Crippen molar-refractivity contribution in [3.63, 3.8) is 0 Å². The van der Waals surface area contributed by atoms with Crippen molar-refractivity contribution in [2.75, 3.05) is 13.6 Å². The molecule has 0 saturated heterocycles. The molecule has 1 atom stereocenters. The standard InChI is InChI=1S/C14H20ClFN2O/c1-9(2)13(17)6-7-18(3)14(19)11-8-10(15)4-5-12(11)16/h4-5,8-9,13H,6-7,17H2,1-3H3. The molecule has 0 aromatic heterocycles. The predicted octanol–water partition coefficient (Wildman–Crippen LogP) is 2.92. The van der Waals surface area contributed by atoms with E-state index in [0.29, 0.717) is 23.9 Å². The number of nitrogens with zero attached hydrogens (tertiary/aromatic N) is 1. The molecule has 0 spiro atoms. The number of carbonyl (C=O) groups excluding carboxylic acids is 1. The van der Waals surface area contributed by atoms with Crippen LogP contribution in [0.5, 0.6) is 0 Å². The van der Waals surface area contributed by atoms with E-state index in [1.807, 2.05) is 13.8 Å². The fourth-order valence-corrected chi connectivity index (χ4v) is 1.82. The third kappa shape index (κ3) is 4.48. The smallest absolute Gasteiger partial charge is 0.256 e. The third-order valence-electron chi connectivity index (χ3n) is 3.16. The first-order valence-corrected chi connectivity index (χ1v) is 6.66. The fourth-order valence-electron chi connectivity index (χ4n) is 1.64. The van der Waals surface area contributed by atoms with Crippen molar-refractivity contribution in [3.05, 3.63) is 34.6 Å². The molecule has 3 nitrogen and oxygen atoms in total. The van der Waals surface area contributed by atoms with E-state index in [0.717, 1.165) is 0 Å². The van der Waals surface area contributed by atoms with Gasteiger partial charge in [-0.25, -0.2) is 4.39 Å². The molecule has 1 rings (SSSR count). The molecule has 0 radical (unpaired) electrons. The highest BCUT2D eigenvalue weighted by Gasteiger charge is 2.18. The summed E-state index contributed by atoms with van der Waals surface area (Å²) in [4.78, 5) is 13.6. The second-order valence-corrected chi connectivity index (χ2v) is 5.48.